The molecule has 0 radical (unpaired) electrons. The van der Waals surface area contributed by atoms with E-state index in [9.17, 15) is 9.59 Å². The summed E-state index contributed by atoms with van der Waals surface area (Å²) in [6.45, 7) is 6.02. The second-order valence-electron chi connectivity index (χ2n) is 7.12. The molecule has 2 aromatic rings. The number of amides is 1. The van der Waals surface area contributed by atoms with E-state index in [0.29, 0.717) is 11.1 Å². The van der Waals surface area contributed by atoms with Crippen molar-refractivity contribution in [2.75, 3.05) is 19.7 Å². The molecule has 1 aliphatic rings. The van der Waals surface area contributed by atoms with E-state index in [-0.39, 0.29) is 23.8 Å². The van der Waals surface area contributed by atoms with E-state index < -0.39 is 6.61 Å². The third kappa shape index (κ3) is 4.40. The number of benzene rings is 1. The molecule has 1 aromatic carbocycles. The first-order valence-electron chi connectivity index (χ1n) is 9.17. The highest BCUT2D eigenvalue weighted by atomic mass is 16.3. The first kappa shape index (κ1) is 19.2. The van der Waals surface area contributed by atoms with Gasteiger partial charge in [-0.15, -0.1) is 0 Å². The lowest BCUT2D eigenvalue weighted by molar-refractivity contribution is 0.0268. The number of rotatable bonds is 5. The van der Waals surface area contributed by atoms with Crippen LogP contribution < -0.4 is 0 Å². The fourth-order valence-electron chi connectivity index (χ4n) is 3.75. The lowest BCUT2D eigenvalue weighted by Gasteiger charge is -2.44. The van der Waals surface area contributed by atoms with Crippen LogP contribution in [0.25, 0.3) is 0 Å². The summed E-state index contributed by atoms with van der Waals surface area (Å²) in [7, 11) is 0. The van der Waals surface area contributed by atoms with Crippen LogP contribution in [0.15, 0.2) is 48.8 Å². The quantitative estimate of drug-likeness (QED) is 0.818. The van der Waals surface area contributed by atoms with Gasteiger partial charge in [-0.2, -0.15) is 0 Å². The second-order valence-corrected chi connectivity index (χ2v) is 7.12. The summed E-state index contributed by atoms with van der Waals surface area (Å²) >= 11 is 0. The van der Waals surface area contributed by atoms with Crippen LogP contribution in [-0.2, 0) is 6.54 Å². The number of piperazine rings is 1. The minimum absolute atomic E-state index is 0.0453. The summed E-state index contributed by atoms with van der Waals surface area (Å²) in [6, 6.07) is 11.1. The van der Waals surface area contributed by atoms with Gasteiger partial charge in [-0.3, -0.25) is 19.5 Å². The molecule has 6 heteroatoms. The van der Waals surface area contributed by atoms with Gasteiger partial charge in [0.25, 0.3) is 5.91 Å². The highest BCUT2D eigenvalue weighted by molar-refractivity contribution is 5.97. The van der Waals surface area contributed by atoms with Crippen molar-refractivity contribution in [2.45, 2.75) is 32.5 Å². The van der Waals surface area contributed by atoms with Crippen molar-refractivity contribution < 1.29 is 14.7 Å². The summed E-state index contributed by atoms with van der Waals surface area (Å²) in [6.07, 6.45) is 3.29. The molecule has 0 saturated carbocycles. The molecule has 1 N–H and O–H groups in total. The summed E-state index contributed by atoms with van der Waals surface area (Å²) < 4.78 is 0. The average Bonchev–Trinajstić information content (AvgIpc) is 2.68. The smallest absolute Gasteiger partial charge is 0.254 e. The number of hydrogen-bond acceptors (Lipinski definition) is 5. The summed E-state index contributed by atoms with van der Waals surface area (Å²) in [4.78, 5) is 32.6. The van der Waals surface area contributed by atoms with E-state index in [1.165, 1.54) is 0 Å². The highest BCUT2D eigenvalue weighted by Gasteiger charge is 2.33. The number of ketones is 1. The van der Waals surface area contributed by atoms with E-state index in [4.69, 9.17) is 5.11 Å². The molecule has 27 heavy (non-hydrogen) atoms. The van der Waals surface area contributed by atoms with Crippen molar-refractivity contribution in [1.29, 1.82) is 0 Å². The van der Waals surface area contributed by atoms with Crippen LogP contribution in [0.1, 0.15) is 40.1 Å². The molecule has 3 rings (SSSR count). The minimum Gasteiger partial charge on any atom is -0.388 e. The number of carbonyl (C=O) groups excluding carboxylic acids is 2. The van der Waals surface area contributed by atoms with Crippen LogP contribution in [-0.4, -0.2) is 63.4 Å². The predicted octanol–water partition coefficient (Wildman–Crippen LogP) is 1.99. The number of aliphatic hydroxyl groups is 1. The lowest BCUT2D eigenvalue weighted by Crippen LogP contribution is -2.58. The lowest BCUT2D eigenvalue weighted by atomic mass is 10.0. The zero-order valence-corrected chi connectivity index (χ0v) is 15.7. The van der Waals surface area contributed by atoms with Gasteiger partial charge in [0, 0.05) is 55.2 Å². The Morgan fingerprint density at radius 3 is 2.15 bits per heavy atom. The molecule has 1 saturated heterocycles. The van der Waals surface area contributed by atoms with Gasteiger partial charge in [-0.1, -0.05) is 24.3 Å². The molecule has 1 aliphatic heterocycles. The van der Waals surface area contributed by atoms with E-state index in [1.54, 1.807) is 36.7 Å². The summed E-state index contributed by atoms with van der Waals surface area (Å²) in [5.41, 5.74) is 2.30. The Morgan fingerprint density at radius 2 is 1.59 bits per heavy atom. The van der Waals surface area contributed by atoms with Gasteiger partial charge in [0.2, 0.25) is 0 Å². The van der Waals surface area contributed by atoms with Gasteiger partial charge >= 0.3 is 0 Å². The molecule has 0 spiro atoms. The number of aliphatic hydroxyl groups excluding tert-OH is 1. The Labute approximate surface area is 159 Å². The molecule has 1 amide bonds. The molecule has 6 nitrogen and oxygen atoms in total. The van der Waals surface area contributed by atoms with Crippen LogP contribution in [0.4, 0.5) is 0 Å². The first-order chi connectivity index (χ1) is 13.0. The number of carbonyl (C=O) groups is 2. The molecule has 1 fully saturated rings. The normalized spacial score (nSPS) is 20.5. The Bertz CT molecular complexity index is 780. The van der Waals surface area contributed by atoms with Gasteiger partial charge in [0.05, 0.1) is 0 Å². The van der Waals surface area contributed by atoms with Crippen LogP contribution >= 0.6 is 0 Å². The Balaban J connectivity index is 1.65. The SMILES string of the molecule is C[C@@H]1CN(Cc2ccc(C(=O)CO)cc2)C[C@H](C)N1C(=O)c1ccncc1. The summed E-state index contributed by atoms with van der Waals surface area (Å²) in [5.74, 6) is -0.226. The van der Waals surface area contributed by atoms with Gasteiger partial charge in [0.1, 0.15) is 6.61 Å². The molecule has 2 heterocycles. The predicted molar refractivity (Wildman–Crippen MR) is 102 cm³/mol. The Kier molecular flexibility index (Phi) is 5.98. The van der Waals surface area contributed by atoms with E-state index >= 15 is 0 Å². The summed E-state index contributed by atoms with van der Waals surface area (Å²) in [5, 5.41) is 8.94. The van der Waals surface area contributed by atoms with Gasteiger partial charge in [-0.25, -0.2) is 0 Å². The van der Waals surface area contributed by atoms with Gasteiger partial charge in [-0.05, 0) is 31.5 Å². The second kappa shape index (κ2) is 8.41. The van der Waals surface area contributed by atoms with Gasteiger partial charge in [0.15, 0.2) is 5.78 Å². The third-order valence-corrected chi connectivity index (χ3v) is 4.98. The van der Waals surface area contributed by atoms with Crippen molar-refractivity contribution >= 4 is 11.7 Å². The monoisotopic (exact) mass is 367 g/mol. The molecule has 142 valence electrons. The Morgan fingerprint density at radius 1 is 1.00 bits per heavy atom. The topological polar surface area (TPSA) is 73.7 Å². The number of pyridine rings is 1. The minimum atomic E-state index is -0.470. The molecular weight excluding hydrogens is 342 g/mol. The number of aromatic nitrogens is 1. The molecule has 2 atom stereocenters. The maximum absolute atomic E-state index is 12.8. The van der Waals surface area contributed by atoms with Crippen molar-refractivity contribution in [2.24, 2.45) is 0 Å². The van der Waals surface area contributed by atoms with E-state index in [1.807, 2.05) is 17.0 Å². The van der Waals surface area contributed by atoms with Crippen molar-refractivity contribution in [3.8, 4) is 0 Å². The highest BCUT2D eigenvalue weighted by Crippen LogP contribution is 2.20. The zero-order chi connectivity index (χ0) is 19.4. The number of Topliss-reactive ketones (excluding diaryl/α,β-unsaturated/α-hetero) is 1. The largest absolute Gasteiger partial charge is 0.388 e. The van der Waals surface area contributed by atoms with Gasteiger partial charge < -0.3 is 10.0 Å². The molecule has 0 bridgehead atoms. The number of nitrogens with zero attached hydrogens (tertiary/aromatic N) is 3. The van der Waals surface area contributed by atoms with Crippen LogP contribution in [0, 0.1) is 0 Å². The van der Waals surface area contributed by atoms with Crippen LogP contribution in [0.2, 0.25) is 0 Å². The zero-order valence-electron chi connectivity index (χ0n) is 15.7. The number of hydrogen-bond donors (Lipinski definition) is 1. The van der Waals surface area contributed by atoms with E-state index in [0.717, 1.165) is 25.2 Å². The Hall–Kier alpha value is -2.57. The molecule has 0 aliphatic carbocycles. The van der Waals surface area contributed by atoms with Crippen molar-refractivity contribution in [3.05, 3.63) is 65.5 Å². The van der Waals surface area contributed by atoms with Crippen LogP contribution in [0.3, 0.4) is 0 Å². The standard InChI is InChI=1S/C21H25N3O3/c1-15-11-23(13-17-3-5-18(6-4-17)20(26)14-25)12-16(2)24(15)21(27)19-7-9-22-10-8-19/h3-10,15-16,25H,11-14H2,1-2H3/t15-,16+. The van der Waals surface area contributed by atoms with Crippen molar-refractivity contribution in [1.82, 2.24) is 14.8 Å². The fraction of sp³-hybridized carbons (Fsp3) is 0.381. The van der Waals surface area contributed by atoms with Crippen LogP contribution in [0.5, 0.6) is 0 Å². The van der Waals surface area contributed by atoms with Crippen molar-refractivity contribution in [3.63, 3.8) is 0 Å². The molecule has 0 unspecified atom stereocenters. The van der Waals surface area contributed by atoms with E-state index in [2.05, 4.69) is 23.7 Å². The molecule has 1 aromatic heterocycles. The maximum Gasteiger partial charge on any atom is 0.254 e. The average molecular weight is 367 g/mol. The molecular formula is C21H25N3O3. The maximum atomic E-state index is 12.8. The first-order valence-corrected chi connectivity index (χ1v) is 9.17. The fourth-order valence-corrected chi connectivity index (χ4v) is 3.75. The third-order valence-electron chi connectivity index (χ3n) is 4.98.